The first-order chi connectivity index (χ1) is 9.09. The second kappa shape index (κ2) is 5.78. The van der Waals surface area contributed by atoms with Crippen molar-refractivity contribution in [1.29, 1.82) is 0 Å². The lowest BCUT2D eigenvalue weighted by molar-refractivity contribution is -0.125. The average molecular weight is 277 g/mol. The molecule has 0 saturated carbocycles. The van der Waals surface area contributed by atoms with Gasteiger partial charge >= 0.3 is 0 Å². The van der Waals surface area contributed by atoms with Gasteiger partial charge in [-0.2, -0.15) is 0 Å². The molecule has 1 unspecified atom stereocenters. The molecule has 0 aliphatic carbocycles. The normalized spacial score (nSPS) is 21.3. The SMILES string of the molecule is CCC[C@](C)(C(=O)C1CSC=N1)c1ccccc1O. The van der Waals surface area contributed by atoms with Gasteiger partial charge in [-0.1, -0.05) is 31.5 Å². The Kier molecular flexibility index (Phi) is 4.30. The number of ketones is 1. The van der Waals surface area contributed by atoms with Crippen molar-refractivity contribution in [2.45, 2.75) is 38.1 Å². The Balaban J connectivity index is 2.39. The second-order valence-electron chi connectivity index (χ2n) is 5.07. The molecule has 1 heterocycles. The number of para-hydroxylation sites is 1. The third kappa shape index (κ3) is 2.68. The summed E-state index contributed by atoms with van der Waals surface area (Å²) in [6.45, 7) is 3.98. The van der Waals surface area contributed by atoms with Crippen molar-refractivity contribution in [2.24, 2.45) is 4.99 Å². The molecule has 0 saturated heterocycles. The number of hydrogen-bond acceptors (Lipinski definition) is 4. The van der Waals surface area contributed by atoms with Crippen molar-refractivity contribution < 1.29 is 9.90 Å². The molecule has 1 aromatic rings. The number of benzene rings is 1. The average Bonchev–Trinajstić information content (AvgIpc) is 2.92. The molecule has 102 valence electrons. The van der Waals surface area contributed by atoms with Crippen molar-refractivity contribution in [3.63, 3.8) is 0 Å². The number of thioether (sulfide) groups is 1. The van der Waals surface area contributed by atoms with Gasteiger partial charge in [0.1, 0.15) is 11.8 Å². The molecular formula is C15H19NO2S. The Morgan fingerprint density at radius 2 is 2.26 bits per heavy atom. The second-order valence-corrected chi connectivity index (χ2v) is 5.94. The Labute approximate surface area is 118 Å². The number of nitrogens with zero attached hydrogens (tertiary/aromatic N) is 1. The van der Waals surface area contributed by atoms with Crippen LogP contribution in [-0.4, -0.2) is 28.2 Å². The lowest BCUT2D eigenvalue weighted by Gasteiger charge is -2.30. The van der Waals surface area contributed by atoms with E-state index in [4.69, 9.17) is 0 Å². The largest absolute Gasteiger partial charge is 0.508 e. The summed E-state index contributed by atoms with van der Waals surface area (Å²) in [5, 5.41) is 10.1. The molecule has 0 bridgehead atoms. The minimum atomic E-state index is -0.660. The lowest BCUT2D eigenvalue weighted by Crippen LogP contribution is -2.40. The Bertz CT molecular complexity index is 501. The molecule has 4 heteroatoms. The van der Waals surface area contributed by atoms with Gasteiger partial charge < -0.3 is 5.11 Å². The first-order valence-electron chi connectivity index (χ1n) is 6.55. The van der Waals surface area contributed by atoms with Crippen molar-refractivity contribution in [3.05, 3.63) is 29.8 Å². The summed E-state index contributed by atoms with van der Waals surface area (Å²) in [6, 6.07) is 6.85. The number of rotatable bonds is 5. The minimum Gasteiger partial charge on any atom is -0.508 e. The Morgan fingerprint density at radius 1 is 1.53 bits per heavy atom. The number of hydrogen-bond donors (Lipinski definition) is 1. The zero-order valence-electron chi connectivity index (χ0n) is 11.3. The highest BCUT2D eigenvalue weighted by Gasteiger charge is 2.40. The van der Waals surface area contributed by atoms with Crippen LogP contribution in [0.15, 0.2) is 29.3 Å². The molecule has 3 nitrogen and oxygen atoms in total. The van der Waals surface area contributed by atoms with Crippen LogP contribution in [0.25, 0.3) is 0 Å². The summed E-state index contributed by atoms with van der Waals surface area (Å²) < 4.78 is 0. The number of Topliss-reactive ketones (excluding diaryl/α,β-unsaturated/α-hetero) is 1. The minimum absolute atomic E-state index is 0.108. The van der Waals surface area contributed by atoms with Gasteiger partial charge in [0, 0.05) is 11.3 Å². The maximum Gasteiger partial charge on any atom is 0.168 e. The number of phenols is 1. The van der Waals surface area contributed by atoms with Crippen LogP contribution >= 0.6 is 11.8 Å². The topological polar surface area (TPSA) is 49.7 Å². The van der Waals surface area contributed by atoms with Crippen LogP contribution in [0.3, 0.4) is 0 Å². The van der Waals surface area contributed by atoms with E-state index in [1.807, 2.05) is 19.1 Å². The quantitative estimate of drug-likeness (QED) is 0.899. The van der Waals surface area contributed by atoms with Gasteiger partial charge in [-0.05, 0) is 19.4 Å². The van der Waals surface area contributed by atoms with Gasteiger partial charge in [-0.15, -0.1) is 11.8 Å². The van der Waals surface area contributed by atoms with Gasteiger partial charge in [-0.25, -0.2) is 0 Å². The van der Waals surface area contributed by atoms with Gasteiger partial charge in [-0.3, -0.25) is 9.79 Å². The number of phenolic OH excluding ortho intramolecular Hbond substituents is 1. The number of carbonyl (C=O) groups is 1. The van der Waals surface area contributed by atoms with Gasteiger partial charge in [0.15, 0.2) is 5.78 Å². The molecular weight excluding hydrogens is 258 g/mol. The van der Waals surface area contributed by atoms with E-state index in [2.05, 4.69) is 11.9 Å². The van der Waals surface area contributed by atoms with E-state index in [1.54, 1.807) is 29.4 Å². The van der Waals surface area contributed by atoms with Crippen LogP contribution in [0.2, 0.25) is 0 Å². The molecule has 1 aliphatic heterocycles. The highest BCUT2D eigenvalue weighted by molar-refractivity contribution is 8.12. The van der Waals surface area contributed by atoms with Crippen LogP contribution in [0, 0.1) is 0 Å². The third-order valence-corrected chi connectivity index (χ3v) is 4.44. The first-order valence-corrected chi connectivity index (χ1v) is 7.60. The van der Waals surface area contributed by atoms with Crippen LogP contribution in [0.5, 0.6) is 5.75 Å². The predicted molar refractivity (Wildman–Crippen MR) is 80.1 cm³/mol. The summed E-state index contributed by atoms with van der Waals surface area (Å²) in [4.78, 5) is 17.0. The molecule has 19 heavy (non-hydrogen) atoms. The fourth-order valence-electron chi connectivity index (χ4n) is 2.64. The molecule has 0 aromatic heterocycles. The molecule has 1 aliphatic rings. The maximum atomic E-state index is 12.8. The van der Waals surface area contributed by atoms with E-state index in [1.165, 1.54) is 0 Å². The summed E-state index contributed by atoms with van der Waals surface area (Å²) in [5.74, 6) is 1.02. The summed E-state index contributed by atoms with van der Waals surface area (Å²) >= 11 is 1.57. The van der Waals surface area contributed by atoms with Crippen molar-refractivity contribution >= 4 is 23.1 Å². The van der Waals surface area contributed by atoms with E-state index in [-0.39, 0.29) is 17.6 Å². The van der Waals surface area contributed by atoms with Crippen LogP contribution in [-0.2, 0) is 10.2 Å². The first kappa shape index (κ1) is 14.1. The summed E-state index contributed by atoms with van der Waals surface area (Å²) in [7, 11) is 0. The number of aromatic hydroxyl groups is 1. The monoisotopic (exact) mass is 277 g/mol. The maximum absolute atomic E-state index is 12.8. The van der Waals surface area contributed by atoms with E-state index >= 15 is 0 Å². The van der Waals surface area contributed by atoms with Gasteiger partial charge in [0.2, 0.25) is 0 Å². The van der Waals surface area contributed by atoms with Crippen molar-refractivity contribution in [1.82, 2.24) is 0 Å². The molecule has 0 amide bonds. The molecule has 0 radical (unpaired) electrons. The van der Waals surface area contributed by atoms with Gasteiger partial charge in [0.25, 0.3) is 0 Å². The molecule has 2 atom stereocenters. The van der Waals surface area contributed by atoms with E-state index in [0.29, 0.717) is 11.3 Å². The van der Waals surface area contributed by atoms with E-state index < -0.39 is 5.41 Å². The zero-order valence-corrected chi connectivity index (χ0v) is 12.1. The highest BCUT2D eigenvalue weighted by Crippen LogP contribution is 2.37. The number of aliphatic imine (C=N–C) groups is 1. The lowest BCUT2D eigenvalue weighted by atomic mass is 9.73. The fourth-order valence-corrected chi connectivity index (χ4v) is 3.37. The predicted octanol–water partition coefficient (Wildman–Crippen LogP) is 3.16. The third-order valence-electron chi connectivity index (χ3n) is 3.66. The van der Waals surface area contributed by atoms with Crippen LogP contribution < -0.4 is 0 Å². The summed E-state index contributed by atoms with van der Waals surface area (Å²) in [5.41, 5.74) is 1.81. The highest BCUT2D eigenvalue weighted by atomic mass is 32.2. The molecule has 1 aromatic carbocycles. The molecule has 2 rings (SSSR count). The molecule has 1 N–H and O–H groups in total. The zero-order chi connectivity index (χ0) is 13.9. The Morgan fingerprint density at radius 3 is 2.84 bits per heavy atom. The fraction of sp³-hybridized carbons (Fsp3) is 0.467. The molecule has 0 spiro atoms. The van der Waals surface area contributed by atoms with Crippen LogP contribution in [0.1, 0.15) is 32.3 Å². The number of carbonyl (C=O) groups excluding carboxylic acids is 1. The van der Waals surface area contributed by atoms with E-state index in [9.17, 15) is 9.90 Å². The standard InChI is InChI=1S/C15H19NO2S/c1-3-8-15(2,11-6-4-5-7-13(11)17)14(18)12-9-19-10-16-12/h4-7,10,12,17H,3,8-9H2,1-2H3/t12?,15-/m0/s1. The van der Waals surface area contributed by atoms with Gasteiger partial charge in [0.05, 0.1) is 11.0 Å². The molecule has 0 fully saturated rings. The summed E-state index contributed by atoms with van der Waals surface area (Å²) in [6.07, 6.45) is 1.61. The van der Waals surface area contributed by atoms with Crippen molar-refractivity contribution in [3.8, 4) is 5.75 Å². The smallest absolute Gasteiger partial charge is 0.168 e. The van der Waals surface area contributed by atoms with Crippen LogP contribution in [0.4, 0.5) is 0 Å². The van der Waals surface area contributed by atoms with Crippen molar-refractivity contribution in [2.75, 3.05) is 5.75 Å². The Hall–Kier alpha value is -1.29. The van der Waals surface area contributed by atoms with E-state index in [0.717, 1.165) is 12.8 Å².